The van der Waals surface area contributed by atoms with Gasteiger partial charge in [-0.15, -0.1) is 0 Å². The Labute approximate surface area is 241 Å². The van der Waals surface area contributed by atoms with E-state index in [0.717, 1.165) is 11.6 Å². The summed E-state index contributed by atoms with van der Waals surface area (Å²) in [4.78, 5) is 21.7. The molecule has 0 N–H and O–H groups in total. The number of halogens is 3. The second-order valence-electron chi connectivity index (χ2n) is 10.0. The monoisotopic (exact) mass is 573 g/mol. The number of hydrogen-bond acceptors (Lipinski definition) is 5. The lowest BCUT2D eigenvalue weighted by atomic mass is 9.98. The molecule has 0 amide bonds. The zero-order chi connectivity index (χ0) is 29.9. The molecular formula is C33H30F3N3O3. The Morgan fingerprint density at radius 1 is 0.952 bits per heavy atom. The van der Waals surface area contributed by atoms with Gasteiger partial charge in [-0.3, -0.25) is 9.97 Å². The second kappa shape index (κ2) is 12.1. The number of pyridine rings is 2. The van der Waals surface area contributed by atoms with Crippen molar-refractivity contribution in [2.24, 2.45) is 0 Å². The fraction of sp³-hybridized carbons (Fsp3) is 0.242. The normalized spacial score (nSPS) is 11.7. The number of carbonyl (C=O) groups is 1. The van der Waals surface area contributed by atoms with E-state index in [1.165, 1.54) is 12.3 Å². The smallest absolute Gasteiger partial charge is 0.418 e. The first-order valence-corrected chi connectivity index (χ1v) is 13.7. The van der Waals surface area contributed by atoms with Crippen molar-refractivity contribution in [3.8, 4) is 22.7 Å². The zero-order valence-electron chi connectivity index (χ0n) is 23.5. The van der Waals surface area contributed by atoms with Gasteiger partial charge in [0.05, 0.1) is 29.5 Å². The average molecular weight is 574 g/mol. The molecule has 42 heavy (non-hydrogen) atoms. The van der Waals surface area contributed by atoms with E-state index >= 15 is 0 Å². The summed E-state index contributed by atoms with van der Waals surface area (Å²) in [5.74, 6) is 0.161. The number of alkyl halides is 3. The molecule has 0 fully saturated rings. The number of esters is 1. The summed E-state index contributed by atoms with van der Waals surface area (Å²) in [6.07, 6.45) is 1.17. The number of ether oxygens (including phenoxy) is 2. The van der Waals surface area contributed by atoms with Crippen LogP contribution in [0.2, 0.25) is 0 Å². The van der Waals surface area contributed by atoms with Gasteiger partial charge in [-0.1, -0.05) is 6.07 Å². The van der Waals surface area contributed by atoms with Crippen LogP contribution in [-0.4, -0.2) is 33.2 Å². The SMILES string of the molecule is CCOC(=O)c1c(CCc2ccncc2)c2cc(-c3ncccc3C(F)(F)F)ccc2n1-c1ccc(OC(C)C)cc1. The van der Waals surface area contributed by atoms with Crippen LogP contribution in [0.15, 0.2) is 85.3 Å². The minimum absolute atomic E-state index is 0.00949. The first-order valence-electron chi connectivity index (χ1n) is 13.7. The lowest BCUT2D eigenvalue weighted by molar-refractivity contribution is -0.137. The predicted molar refractivity (Wildman–Crippen MR) is 155 cm³/mol. The molecule has 2 aromatic carbocycles. The largest absolute Gasteiger partial charge is 0.491 e. The third-order valence-corrected chi connectivity index (χ3v) is 6.81. The highest BCUT2D eigenvalue weighted by Gasteiger charge is 2.34. The van der Waals surface area contributed by atoms with Gasteiger partial charge in [0.15, 0.2) is 0 Å². The molecular weight excluding hydrogens is 543 g/mol. The Kier molecular flexibility index (Phi) is 8.29. The standard InChI is InChI=1S/C33H30F3N3O3/c1-4-41-32(40)31-26(13-7-22-15-18-37-19-16-22)27-20-23(30-28(33(34,35)36)6-5-17-38-30)8-14-29(27)39(31)24-9-11-25(12-10-24)42-21(2)3/h5-6,8-12,14-21H,4,7,13H2,1-3H3. The lowest BCUT2D eigenvalue weighted by Gasteiger charge is -2.14. The summed E-state index contributed by atoms with van der Waals surface area (Å²) >= 11 is 0. The molecule has 6 nitrogen and oxygen atoms in total. The fourth-order valence-corrected chi connectivity index (χ4v) is 5.07. The molecule has 0 radical (unpaired) electrons. The van der Waals surface area contributed by atoms with E-state index in [9.17, 15) is 18.0 Å². The Morgan fingerprint density at radius 2 is 1.69 bits per heavy atom. The zero-order valence-corrected chi connectivity index (χ0v) is 23.5. The summed E-state index contributed by atoms with van der Waals surface area (Å²) in [5, 5.41) is 0.644. The molecule has 3 aromatic heterocycles. The van der Waals surface area contributed by atoms with Crippen molar-refractivity contribution in [1.82, 2.24) is 14.5 Å². The molecule has 0 saturated carbocycles. The molecule has 0 saturated heterocycles. The van der Waals surface area contributed by atoms with Gasteiger partial charge in [0.1, 0.15) is 11.4 Å². The van der Waals surface area contributed by atoms with E-state index in [-0.39, 0.29) is 18.4 Å². The Balaban J connectivity index is 1.75. The number of hydrogen-bond donors (Lipinski definition) is 0. The van der Waals surface area contributed by atoms with Gasteiger partial charge in [0, 0.05) is 35.2 Å². The van der Waals surface area contributed by atoms with E-state index in [1.807, 2.05) is 50.2 Å². The maximum absolute atomic E-state index is 13.9. The molecule has 5 aromatic rings. The van der Waals surface area contributed by atoms with Crippen LogP contribution in [0.1, 0.15) is 48.0 Å². The van der Waals surface area contributed by atoms with Gasteiger partial charge in [0.25, 0.3) is 0 Å². The molecule has 0 aliphatic rings. The number of aryl methyl sites for hydroxylation is 2. The van der Waals surface area contributed by atoms with Crippen molar-refractivity contribution in [1.29, 1.82) is 0 Å². The molecule has 5 rings (SSSR count). The number of benzene rings is 2. The number of rotatable bonds is 9. The second-order valence-corrected chi connectivity index (χ2v) is 10.0. The number of fused-ring (bicyclic) bond motifs is 1. The van der Waals surface area contributed by atoms with Crippen molar-refractivity contribution in [2.75, 3.05) is 6.61 Å². The van der Waals surface area contributed by atoms with Crippen molar-refractivity contribution in [2.45, 2.75) is 45.9 Å². The van der Waals surface area contributed by atoms with E-state index in [1.54, 1.807) is 42.1 Å². The molecule has 0 atom stereocenters. The first kappa shape index (κ1) is 28.9. The molecule has 0 aliphatic heterocycles. The Hall–Kier alpha value is -4.66. The quantitative estimate of drug-likeness (QED) is 0.168. The van der Waals surface area contributed by atoms with Crippen LogP contribution in [0.4, 0.5) is 13.2 Å². The van der Waals surface area contributed by atoms with Crippen LogP contribution in [0, 0.1) is 0 Å². The summed E-state index contributed by atoms with van der Waals surface area (Å²) in [7, 11) is 0. The van der Waals surface area contributed by atoms with Crippen molar-refractivity contribution in [3.05, 3.63) is 108 Å². The minimum atomic E-state index is -4.58. The minimum Gasteiger partial charge on any atom is -0.491 e. The van der Waals surface area contributed by atoms with Gasteiger partial charge < -0.3 is 14.0 Å². The van der Waals surface area contributed by atoms with Gasteiger partial charge in [-0.2, -0.15) is 13.2 Å². The number of carbonyl (C=O) groups excluding carboxylic acids is 1. The third-order valence-electron chi connectivity index (χ3n) is 6.81. The Morgan fingerprint density at radius 3 is 2.36 bits per heavy atom. The van der Waals surface area contributed by atoms with Crippen LogP contribution in [-0.2, 0) is 23.8 Å². The molecule has 3 heterocycles. The average Bonchev–Trinajstić information content (AvgIpc) is 3.30. The Bertz CT molecular complexity index is 1700. The van der Waals surface area contributed by atoms with E-state index in [0.29, 0.717) is 52.0 Å². The maximum atomic E-state index is 13.9. The molecule has 0 spiro atoms. The van der Waals surface area contributed by atoms with Crippen LogP contribution in [0.3, 0.4) is 0 Å². The van der Waals surface area contributed by atoms with Gasteiger partial charge in [-0.05, 0) is 105 Å². The van der Waals surface area contributed by atoms with Crippen molar-refractivity contribution in [3.63, 3.8) is 0 Å². The maximum Gasteiger partial charge on any atom is 0.418 e. The summed E-state index contributed by atoms with van der Waals surface area (Å²) in [6.45, 7) is 5.77. The van der Waals surface area contributed by atoms with Crippen LogP contribution < -0.4 is 4.74 Å². The van der Waals surface area contributed by atoms with E-state index < -0.39 is 17.7 Å². The van der Waals surface area contributed by atoms with Gasteiger partial charge >= 0.3 is 12.1 Å². The topological polar surface area (TPSA) is 66.2 Å². The van der Waals surface area contributed by atoms with E-state index in [4.69, 9.17) is 9.47 Å². The van der Waals surface area contributed by atoms with Gasteiger partial charge in [0.2, 0.25) is 0 Å². The summed E-state index contributed by atoms with van der Waals surface area (Å²) < 4.78 is 54.8. The molecule has 216 valence electrons. The highest BCUT2D eigenvalue weighted by molar-refractivity contribution is 6.01. The van der Waals surface area contributed by atoms with Crippen LogP contribution in [0.5, 0.6) is 5.75 Å². The number of nitrogens with zero attached hydrogens (tertiary/aromatic N) is 3. The fourth-order valence-electron chi connectivity index (χ4n) is 5.07. The highest BCUT2D eigenvalue weighted by Crippen LogP contribution is 2.39. The molecule has 0 bridgehead atoms. The third kappa shape index (κ3) is 6.00. The molecule has 0 aliphatic carbocycles. The first-order chi connectivity index (χ1) is 20.2. The highest BCUT2D eigenvalue weighted by atomic mass is 19.4. The van der Waals surface area contributed by atoms with Gasteiger partial charge in [-0.25, -0.2) is 4.79 Å². The molecule has 9 heteroatoms. The predicted octanol–water partition coefficient (Wildman–Crippen LogP) is 7.86. The molecule has 0 unspecified atom stereocenters. The lowest BCUT2D eigenvalue weighted by Crippen LogP contribution is -2.14. The number of aromatic nitrogens is 3. The van der Waals surface area contributed by atoms with Crippen LogP contribution in [0.25, 0.3) is 27.8 Å². The van der Waals surface area contributed by atoms with E-state index in [2.05, 4.69) is 9.97 Å². The van der Waals surface area contributed by atoms with Crippen molar-refractivity contribution >= 4 is 16.9 Å². The summed E-state index contributed by atoms with van der Waals surface area (Å²) in [5.41, 5.74) is 2.66. The summed E-state index contributed by atoms with van der Waals surface area (Å²) in [6, 6.07) is 18.4. The van der Waals surface area contributed by atoms with Crippen molar-refractivity contribution < 1.29 is 27.4 Å². The van der Waals surface area contributed by atoms with Crippen LogP contribution >= 0.6 is 0 Å².